The van der Waals surface area contributed by atoms with Gasteiger partial charge >= 0.3 is 0 Å². The molecule has 1 saturated heterocycles. The number of ether oxygens (including phenoxy) is 2. The van der Waals surface area contributed by atoms with Crippen LogP contribution < -0.4 is 4.74 Å². The first-order chi connectivity index (χ1) is 12.7. The molecule has 0 aliphatic carbocycles. The molecule has 0 bridgehead atoms. The molecule has 0 amide bonds. The Hall–Kier alpha value is -1.10. The molecule has 1 aliphatic heterocycles. The third-order valence-corrected chi connectivity index (χ3v) is 6.26. The highest BCUT2D eigenvalue weighted by Gasteiger charge is 2.27. The van der Waals surface area contributed by atoms with Gasteiger partial charge in [-0.3, -0.25) is 4.90 Å². The lowest BCUT2D eigenvalue weighted by Crippen LogP contribution is -2.42. The number of β-amino-alcohol motifs (C(OH)–C–C–N with tert-alkyl or cyclic N) is 1. The van der Waals surface area contributed by atoms with Crippen LogP contribution in [-0.4, -0.2) is 55.6 Å². The van der Waals surface area contributed by atoms with Crippen molar-refractivity contribution < 1.29 is 14.6 Å². The van der Waals surface area contributed by atoms with E-state index in [4.69, 9.17) is 9.47 Å². The Kier molecular flexibility index (Phi) is 7.73. The third-order valence-electron chi connectivity index (χ3n) is 6.26. The van der Waals surface area contributed by atoms with E-state index in [2.05, 4.69) is 64.6 Å². The fourth-order valence-electron chi connectivity index (χ4n) is 3.32. The second-order valence-corrected chi connectivity index (χ2v) is 9.06. The minimum absolute atomic E-state index is 0.0321. The molecular weight excluding hydrogens is 338 g/mol. The average Bonchev–Trinajstić information content (AvgIpc) is 2.67. The average molecular weight is 378 g/mol. The van der Waals surface area contributed by atoms with Gasteiger partial charge in [0.25, 0.3) is 0 Å². The second kappa shape index (κ2) is 9.40. The SMILES string of the molecule is CCC(C)(C)c1ccc(OC[C@@H](O)CN2CCOCC2)c(C(C)(C)CC)c1. The van der Waals surface area contributed by atoms with E-state index in [9.17, 15) is 5.11 Å². The molecule has 0 radical (unpaired) electrons. The zero-order valence-corrected chi connectivity index (χ0v) is 18.2. The van der Waals surface area contributed by atoms with Gasteiger partial charge in [-0.15, -0.1) is 0 Å². The lowest BCUT2D eigenvalue weighted by molar-refractivity contribution is 0.00448. The monoisotopic (exact) mass is 377 g/mol. The van der Waals surface area contributed by atoms with Crippen LogP contribution >= 0.6 is 0 Å². The molecule has 154 valence electrons. The topological polar surface area (TPSA) is 41.9 Å². The number of nitrogens with zero attached hydrogens (tertiary/aromatic N) is 1. The molecule has 1 atom stereocenters. The van der Waals surface area contributed by atoms with Crippen molar-refractivity contribution >= 4 is 0 Å². The standard InChI is InChI=1S/C23H39NO3/c1-7-22(3,4)18-9-10-21(20(15-18)23(5,6)8-2)27-17-19(25)16-24-11-13-26-14-12-24/h9-10,15,19,25H,7-8,11-14,16-17H2,1-6H3/t19-/m0/s1. The molecule has 1 fully saturated rings. The van der Waals surface area contributed by atoms with Gasteiger partial charge in [0.05, 0.1) is 13.2 Å². The van der Waals surface area contributed by atoms with E-state index < -0.39 is 6.10 Å². The largest absolute Gasteiger partial charge is 0.491 e. The summed E-state index contributed by atoms with van der Waals surface area (Å²) in [5.41, 5.74) is 2.77. The summed E-state index contributed by atoms with van der Waals surface area (Å²) in [5, 5.41) is 10.4. The van der Waals surface area contributed by atoms with Gasteiger partial charge in [0.2, 0.25) is 0 Å². The zero-order chi connectivity index (χ0) is 20.1. The Morgan fingerprint density at radius 3 is 2.30 bits per heavy atom. The molecule has 2 rings (SSSR count). The Morgan fingerprint density at radius 2 is 1.70 bits per heavy atom. The highest BCUT2D eigenvalue weighted by Crippen LogP contribution is 2.38. The number of hydrogen-bond acceptors (Lipinski definition) is 4. The van der Waals surface area contributed by atoms with Gasteiger partial charge in [0.1, 0.15) is 18.5 Å². The van der Waals surface area contributed by atoms with Crippen LogP contribution in [0.4, 0.5) is 0 Å². The number of aliphatic hydroxyl groups is 1. The maximum absolute atomic E-state index is 10.4. The highest BCUT2D eigenvalue weighted by atomic mass is 16.5. The van der Waals surface area contributed by atoms with Crippen LogP contribution in [0.3, 0.4) is 0 Å². The normalized spacial score (nSPS) is 17.7. The molecule has 0 aromatic heterocycles. The van der Waals surface area contributed by atoms with Crippen molar-refractivity contribution in [2.45, 2.75) is 71.3 Å². The van der Waals surface area contributed by atoms with E-state index in [-0.39, 0.29) is 10.8 Å². The Morgan fingerprint density at radius 1 is 1.07 bits per heavy atom. The maximum atomic E-state index is 10.4. The lowest BCUT2D eigenvalue weighted by Gasteiger charge is -2.31. The van der Waals surface area contributed by atoms with Gasteiger partial charge in [0.15, 0.2) is 0 Å². The number of aliphatic hydroxyl groups excluding tert-OH is 1. The van der Waals surface area contributed by atoms with Gasteiger partial charge in [0, 0.05) is 25.2 Å². The molecule has 1 aliphatic rings. The first-order valence-corrected chi connectivity index (χ1v) is 10.5. The maximum Gasteiger partial charge on any atom is 0.123 e. The summed E-state index contributed by atoms with van der Waals surface area (Å²) in [4.78, 5) is 2.24. The molecule has 1 heterocycles. The molecular formula is C23H39NO3. The van der Waals surface area contributed by atoms with Gasteiger partial charge in [-0.1, -0.05) is 53.7 Å². The van der Waals surface area contributed by atoms with Gasteiger partial charge in [-0.25, -0.2) is 0 Å². The minimum Gasteiger partial charge on any atom is -0.491 e. The van der Waals surface area contributed by atoms with Crippen LogP contribution in [0.2, 0.25) is 0 Å². The van der Waals surface area contributed by atoms with E-state index in [0.717, 1.165) is 44.9 Å². The summed E-state index contributed by atoms with van der Waals surface area (Å²) in [7, 11) is 0. The van der Waals surface area contributed by atoms with Gasteiger partial charge in [-0.05, 0) is 35.3 Å². The number of hydrogen-bond donors (Lipinski definition) is 1. The third kappa shape index (κ3) is 5.94. The minimum atomic E-state index is -0.493. The van der Waals surface area contributed by atoms with Crippen molar-refractivity contribution in [3.05, 3.63) is 29.3 Å². The second-order valence-electron chi connectivity index (χ2n) is 9.06. The van der Waals surface area contributed by atoms with Crippen molar-refractivity contribution in [2.75, 3.05) is 39.5 Å². The van der Waals surface area contributed by atoms with Crippen molar-refractivity contribution in [1.82, 2.24) is 4.90 Å². The molecule has 0 spiro atoms. The van der Waals surface area contributed by atoms with E-state index in [0.29, 0.717) is 13.2 Å². The van der Waals surface area contributed by atoms with Crippen LogP contribution in [0.25, 0.3) is 0 Å². The molecule has 4 nitrogen and oxygen atoms in total. The first-order valence-electron chi connectivity index (χ1n) is 10.5. The summed E-state index contributed by atoms with van der Waals surface area (Å²) in [5.74, 6) is 0.901. The van der Waals surface area contributed by atoms with Crippen LogP contribution in [0.15, 0.2) is 18.2 Å². The number of benzene rings is 1. The molecule has 27 heavy (non-hydrogen) atoms. The molecule has 1 aromatic rings. The molecule has 0 unspecified atom stereocenters. The smallest absolute Gasteiger partial charge is 0.123 e. The van der Waals surface area contributed by atoms with Gasteiger partial charge in [-0.2, -0.15) is 0 Å². The van der Waals surface area contributed by atoms with Crippen LogP contribution in [0.5, 0.6) is 5.75 Å². The fraction of sp³-hybridized carbons (Fsp3) is 0.739. The van der Waals surface area contributed by atoms with Crippen LogP contribution in [0.1, 0.15) is 65.5 Å². The molecule has 1 aromatic carbocycles. The number of rotatable bonds is 9. The number of morpholine rings is 1. The summed E-state index contributed by atoms with van der Waals surface area (Å²) >= 11 is 0. The van der Waals surface area contributed by atoms with Crippen molar-refractivity contribution in [3.8, 4) is 5.75 Å². The Bertz CT molecular complexity index is 591. The Labute approximate surface area is 165 Å². The molecule has 0 saturated carbocycles. The Balaban J connectivity index is 2.12. The molecule has 1 N–H and O–H groups in total. The van der Waals surface area contributed by atoms with Crippen molar-refractivity contribution in [1.29, 1.82) is 0 Å². The van der Waals surface area contributed by atoms with Crippen LogP contribution in [-0.2, 0) is 15.6 Å². The first kappa shape index (κ1) is 22.2. The summed E-state index contributed by atoms with van der Waals surface area (Å²) < 4.78 is 11.5. The summed E-state index contributed by atoms with van der Waals surface area (Å²) in [6.45, 7) is 17.8. The van der Waals surface area contributed by atoms with E-state index in [1.807, 2.05) is 0 Å². The quantitative estimate of drug-likeness (QED) is 0.702. The fourth-order valence-corrected chi connectivity index (χ4v) is 3.32. The zero-order valence-electron chi connectivity index (χ0n) is 18.2. The predicted molar refractivity (Wildman–Crippen MR) is 112 cm³/mol. The highest BCUT2D eigenvalue weighted by molar-refractivity contribution is 5.44. The van der Waals surface area contributed by atoms with E-state index in [1.54, 1.807) is 0 Å². The van der Waals surface area contributed by atoms with Crippen molar-refractivity contribution in [2.24, 2.45) is 0 Å². The summed E-state index contributed by atoms with van der Waals surface area (Å²) in [6.07, 6.45) is 1.64. The van der Waals surface area contributed by atoms with Crippen LogP contribution in [0, 0.1) is 0 Å². The molecule has 4 heteroatoms. The van der Waals surface area contributed by atoms with Crippen molar-refractivity contribution in [3.63, 3.8) is 0 Å². The lowest BCUT2D eigenvalue weighted by atomic mass is 9.76. The van der Waals surface area contributed by atoms with E-state index >= 15 is 0 Å². The predicted octanol–water partition coefficient (Wildman–Crippen LogP) is 4.13. The van der Waals surface area contributed by atoms with E-state index in [1.165, 1.54) is 11.1 Å². The summed E-state index contributed by atoms with van der Waals surface area (Å²) in [6, 6.07) is 6.60. The van der Waals surface area contributed by atoms with Gasteiger partial charge < -0.3 is 14.6 Å².